The van der Waals surface area contributed by atoms with E-state index in [-0.39, 0.29) is 23.4 Å². The van der Waals surface area contributed by atoms with Crippen molar-refractivity contribution in [1.29, 1.82) is 0 Å². The zero-order valence-electron chi connectivity index (χ0n) is 13.8. The second kappa shape index (κ2) is 5.93. The van der Waals surface area contributed by atoms with Gasteiger partial charge in [-0.05, 0) is 61.1 Å². The number of amides is 1. The first-order valence-electron chi connectivity index (χ1n) is 8.64. The Hall–Kier alpha value is -2.36. The van der Waals surface area contributed by atoms with E-state index in [9.17, 15) is 9.90 Å². The molecule has 24 heavy (non-hydrogen) atoms. The summed E-state index contributed by atoms with van der Waals surface area (Å²) in [6.45, 7) is 1.77. The van der Waals surface area contributed by atoms with Gasteiger partial charge < -0.3 is 10.4 Å². The molecule has 2 N–H and O–H groups in total. The van der Waals surface area contributed by atoms with Crippen molar-refractivity contribution in [2.45, 2.75) is 38.1 Å². The van der Waals surface area contributed by atoms with Gasteiger partial charge in [-0.25, -0.2) is 4.98 Å². The summed E-state index contributed by atoms with van der Waals surface area (Å²) in [4.78, 5) is 16.6. The lowest BCUT2D eigenvalue weighted by atomic mass is 9.80. The van der Waals surface area contributed by atoms with Crippen molar-refractivity contribution in [3.8, 4) is 5.75 Å². The van der Waals surface area contributed by atoms with Gasteiger partial charge >= 0.3 is 0 Å². The maximum atomic E-state index is 12.6. The van der Waals surface area contributed by atoms with Gasteiger partial charge in [-0.3, -0.25) is 4.79 Å². The molecule has 2 aliphatic carbocycles. The first-order chi connectivity index (χ1) is 11.6. The molecule has 124 valence electrons. The highest BCUT2D eigenvalue weighted by Gasteiger charge is 2.47. The molecule has 4 nitrogen and oxygen atoms in total. The molecule has 2 aliphatic rings. The largest absolute Gasteiger partial charge is 0.505 e. The fourth-order valence-electron chi connectivity index (χ4n) is 4.55. The minimum atomic E-state index is -0.263. The highest BCUT2D eigenvalue weighted by atomic mass is 16.3. The van der Waals surface area contributed by atoms with Crippen molar-refractivity contribution in [2.24, 2.45) is 11.8 Å². The zero-order chi connectivity index (χ0) is 16.7. The highest BCUT2D eigenvalue weighted by Crippen LogP contribution is 2.53. The monoisotopic (exact) mass is 322 g/mol. The molecule has 4 atom stereocenters. The lowest BCUT2D eigenvalue weighted by molar-refractivity contribution is 0.0911. The van der Waals surface area contributed by atoms with Crippen molar-refractivity contribution in [2.75, 3.05) is 0 Å². The predicted molar refractivity (Wildman–Crippen MR) is 91.9 cm³/mol. The minimum Gasteiger partial charge on any atom is -0.505 e. The van der Waals surface area contributed by atoms with E-state index < -0.39 is 0 Å². The normalized spacial score (nSPS) is 28.0. The predicted octanol–water partition coefficient (Wildman–Crippen LogP) is 3.41. The minimum absolute atomic E-state index is 0.0160. The molecule has 1 heterocycles. The first kappa shape index (κ1) is 15.2. The quantitative estimate of drug-likeness (QED) is 0.910. The summed E-state index contributed by atoms with van der Waals surface area (Å²) >= 11 is 0. The average molecular weight is 322 g/mol. The third-order valence-corrected chi connectivity index (χ3v) is 5.70. The number of aryl methyl sites for hydroxylation is 1. The number of carbonyl (C=O) groups is 1. The molecule has 4 rings (SSSR count). The Balaban J connectivity index is 1.51. The lowest BCUT2D eigenvalue weighted by Crippen LogP contribution is -2.41. The maximum absolute atomic E-state index is 12.6. The Labute approximate surface area is 141 Å². The number of hydrogen-bond acceptors (Lipinski definition) is 3. The number of carbonyl (C=O) groups excluding carboxylic acids is 1. The third-order valence-electron chi connectivity index (χ3n) is 5.70. The van der Waals surface area contributed by atoms with Crippen LogP contribution in [0.4, 0.5) is 0 Å². The number of pyridine rings is 1. The Kier molecular flexibility index (Phi) is 3.75. The van der Waals surface area contributed by atoms with Gasteiger partial charge in [-0.1, -0.05) is 30.3 Å². The number of hydrogen-bond donors (Lipinski definition) is 2. The molecule has 1 aromatic heterocycles. The van der Waals surface area contributed by atoms with Crippen molar-refractivity contribution >= 4 is 5.91 Å². The molecule has 2 unspecified atom stereocenters. The molecule has 1 amide bonds. The van der Waals surface area contributed by atoms with Crippen LogP contribution in [0.5, 0.6) is 5.75 Å². The Morgan fingerprint density at radius 3 is 2.71 bits per heavy atom. The number of aromatic hydroxyl groups is 1. The third kappa shape index (κ3) is 2.56. The van der Waals surface area contributed by atoms with E-state index in [4.69, 9.17) is 0 Å². The lowest BCUT2D eigenvalue weighted by Gasteiger charge is -2.30. The number of fused-ring (bicyclic) bond motifs is 2. The molecule has 2 saturated carbocycles. The number of aromatic nitrogens is 1. The molecule has 4 heteroatoms. The summed E-state index contributed by atoms with van der Waals surface area (Å²) in [6.07, 6.45) is 5.00. The summed E-state index contributed by atoms with van der Waals surface area (Å²) in [6, 6.07) is 12.5. The topological polar surface area (TPSA) is 62.2 Å². The fraction of sp³-hybridized carbons (Fsp3) is 0.400. The van der Waals surface area contributed by atoms with Gasteiger partial charge in [0.1, 0.15) is 5.75 Å². The molecule has 2 aromatic rings. The average Bonchev–Trinajstić information content (AvgIpc) is 3.18. The van der Waals surface area contributed by atoms with Gasteiger partial charge in [0.15, 0.2) is 5.69 Å². The van der Waals surface area contributed by atoms with E-state index >= 15 is 0 Å². The highest BCUT2D eigenvalue weighted by molar-refractivity contribution is 5.95. The van der Waals surface area contributed by atoms with Crippen LogP contribution in [0.1, 0.15) is 46.8 Å². The molecule has 0 spiro atoms. The van der Waals surface area contributed by atoms with Crippen LogP contribution >= 0.6 is 0 Å². The van der Waals surface area contributed by atoms with Gasteiger partial charge in [0.05, 0.1) is 0 Å². The van der Waals surface area contributed by atoms with Crippen LogP contribution in [0.2, 0.25) is 0 Å². The SMILES string of the molecule is Cc1ccnc(C(=O)N[C@@H]2CC3CC2[C@@H](c2ccccc2)C3)c1O. The molecule has 0 aliphatic heterocycles. The summed E-state index contributed by atoms with van der Waals surface area (Å²) < 4.78 is 0. The van der Waals surface area contributed by atoms with Crippen LogP contribution in [0.15, 0.2) is 42.6 Å². The van der Waals surface area contributed by atoms with E-state index in [2.05, 4.69) is 34.6 Å². The van der Waals surface area contributed by atoms with Crippen LogP contribution < -0.4 is 5.32 Å². The van der Waals surface area contributed by atoms with Crippen molar-refractivity contribution in [3.05, 3.63) is 59.4 Å². The zero-order valence-corrected chi connectivity index (χ0v) is 13.8. The van der Waals surface area contributed by atoms with Crippen molar-refractivity contribution < 1.29 is 9.90 Å². The van der Waals surface area contributed by atoms with Crippen LogP contribution in [0, 0.1) is 18.8 Å². The standard InChI is InChI=1S/C20H22N2O2/c1-12-7-8-21-18(19(12)23)20(24)22-17-11-13-9-15(16(17)10-13)14-5-3-2-4-6-14/h2-8,13,15-17,23H,9-11H2,1H3,(H,22,24)/t13?,15-,16?,17-/m1/s1. The van der Waals surface area contributed by atoms with Gasteiger partial charge in [0.2, 0.25) is 0 Å². The van der Waals surface area contributed by atoms with E-state index in [1.54, 1.807) is 19.2 Å². The van der Waals surface area contributed by atoms with Crippen molar-refractivity contribution in [3.63, 3.8) is 0 Å². The van der Waals surface area contributed by atoms with Gasteiger partial charge in [-0.2, -0.15) is 0 Å². The van der Waals surface area contributed by atoms with Gasteiger partial charge in [0.25, 0.3) is 5.91 Å². The van der Waals surface area contributed by atoms with E-state index in [0.717, 1.165) is 6.42 Å². The molecular weight excluding hydrogens is 300 g/mol. The summed E-state index contributed by atoms with van der Waals surface area (Å²) in [7, 11) is 0. The molecule has 1 aromatic carbocycles. The molecular formula is C20H22N2O2. The number of nitrogens with one attached hydrogen (secondary N) is 1. The molecule has 0 saturated heterocycles. The first-order valence-corrected chi connectivity index (χ1v) is 8.64. The molecule has 2 bridgehead atoms. The summed E-state index contributed by atoms with van der Waals surface area (Å²) in [5.74, 6) is 1.41. The number of nitrogens with zero attached hydrogens (tertiary/aromatic N) is 1. The van der Waals surface area contributed by atoms with Crippen LogP contribution in [0.3, 0.4) is 0 Å². The second-order valence-corrected chi connectivity index (χ2v) is 7.16. The van der Waals surface area contributed by atoms with Crippen molar-refractivity contribution in [1.82, 2.24) is 10.3 Å². The van der Waals surface area contributed by atoms with E-state index in [1.165, 1.54) is 18.4 Å². The van der Waals surface area contributed by atoms with Gasteiger partial charge in [-0.15, -0.1) is 0 Å². The van der Waals surface area contributed by atoms with Crippen LogP contribution in [-0.4, -0.2) is 22.0 Å². The number of rotatable bonds is 3. The Morgan fingerprint density at radius 1 is 1.17 bits per heavy atom. The van der Waals surface area contributed by atoms with Gasteiger partial charge in [0, 0.05) is 12.2 Å². The smallest absolute Gasteiger partial charge is 0.273 e. The summed E-state index contributed by atoms with van der Waals surface area (Å²) in [5.41, 5.74) is 2.18. The number of benzene rings is 1. The van der Waals surface area contributed by atoms with Crippen LogP contribution in [0.25, 0.3) is 0 Å². The Bertz CT molecular complexity index is 759. The van der Waals surface area contributed by atoms with E-state index in [1.807, 2.05) is 6.07 Å². The fourth-order valence-corrected chi connectivity index (χ4v) is 4.55. The Morgan fingerprint density at radius 2 is 1.96 bits per heavy atom. The molecule has 2 fully saturated rings. The molecule has 0 radical (unpaired) electrons. The second-order valence-electron chi connectivity index (χ2n) is 7.16. The summed E-state index contributed by atoms with van der Waals surface area (Å²) in [5, 5.41) is 13.2. The maximum Gasteiger partial charge on any atom is 0.273 e. The van der Waals surface area contributed by atoms with E-state index in [0.29, 0.717) is 23.3 Å². The van der Waals surface area contributed by atoms with Crippen LogP contribution in [-0.2, 0) is 0 Å².